The lowest BCUT2D eigenvalue weighted by molar-refractivity contribution is 0.216. The topological polar surface area (TPSA) is 9.23 Å². The van der Waals surface area contributed by atoms with Crippen LogP contribution in [0.3, 0.4) is 0 Å². The molecule has 0 unspecified atom stereocenters. The summed E-state index contributed by atoms with van der Waals surface area (Å²) in [5, 5.41) is 0. The van der Waals surface area contributed by atoms with Crippen LogP contribution in [0.2, 0.25) is 0 Å². The van der Waals surface area contributed by atoms with Crippen LogP contribution in [-0.4, -0.2) is 6.61 Å². The lowest BCUT2D eigenvalue weighted by Crippen LogP contribution is -1.93. The first-order chi connectivity index (χ1) is 9.20. The minimum absolute atomic E-state index is 0.804. The van der Waals surface area contributed by atoms with E-state index in [0.717, 1.165) is 24.4 Å². The van der Waals surface area contributed by atoms with E-state index in [1.807, 2.05) is 32.1 Å². The molecule has 0 heterocycles. The maximum Gasteiger partial charge on any atom is 0.115 e. The molecule has 0 aliphatic rings. The Morgan fingerprint density at radius 2 is 1.79 bits per heavy atom. The van der Waals surface area contributed by atoms with Crippen molar-refractivity contribution in [2.24, 2.45) is 0 Å². The summed E-state index contributed by atoms with van der Waals surface area (Å²) in [6.45, 7) is 10.8. The van der Waals surface area contributed by atoms with E-state index < -0.39 is 0 Å². The first-order valence-corrected chi connectivity index (χ1v) is 7.48. The van der Waals surface area contributed by atoms with Gasteiger partial charge >= 0.3 is 0 Å². The van der Waals surface area contributed by atoms with Gasteiger partial charge in [-0.25, -0.2) is 0 Å². The molecule has 0 rings (SSSR count). The van der Waals surface area contributed by atoms with Crippen LogP contribution in [0.5, 0.6) is 0 Å². The minimum Gasteiger partial charge on any atom is -0.494 e. The van der Waals surface area contributed by atoms with Crippen molar-refractivity contribution in [2.45, 2.75) is 59.3 Å². The van der Waals surface area contributed by atoms with E-state index in [0.29, 0.717) is 0 Å². The van der Waals surface area contributed by atoms with Gasteiger partial charge in [0, 0.05) is 0 Å². The summed E-state index contributed by atoms with van der Waals surface area (Å²) in [7, 11) is 0. The van der Waals surface area contributed by atoms with E-state index in [1.165, 1.54) is 32.1 Å². The predicted octanol–water partition coefficient (Wildman–Crippen LogP) is 5.96. The maximum absolute atomic E-state index is 5.70. The maximum atomic E-state index is 5.70. The highest BCUT2D eigenvalue weighted by Crippen LogP contribution is 2.06. The summed E-state index contributed by atoms with van der Waals surface area (Å²) in [6.07, 6.45) is 17.8. The average Bonchev–Trinajstić information content (AvgIpc) is 2.40. The molecule has 0 amide bonds. The Balaban J connectivity index is 3.54. The zero-order valence-corrected chi connectivity index (χ0v) is 13.0. The van der Waals surface area contributed by atoms with Crippen LogP contribution in [-0.2, 0) is 4.74 Å². The Hall–Kier alpha value is -1.24. The summed E-state index contributed by atoms with van der Waals surface area (Å²) in [5.41, 5.74) is 1.04. The normalized spacial score (nSPS) is 12.5. The van der Waals surface area contributed by atoms with Crippen LogP contribution in [0.1, 0.15) is 59.3 Å². The van der Waals surface area contributed by atoms with Gasteiger partial charge in [-0.2, -0.15) is 0 Å². The fourth-order valence-corrected chi connectivity index (χ4v) is 1.59. The summed E-state index contributed by atoms with van der Waals surface area (Å²) < 4.78 is 5.70. The summed E-state index contributed by atoms with van der Waals surface area (Å²) in [6, 6.07) is 0. The third kappa shape index (κ3) is 13.0. The molecule has 0 saturated carbocycles. The second-order valence-corrected chi connectivity index (χ2v) is 4.83. The van der Waals surface area contributed by atoms with Gasteiger partial charge in [-0.1, -0.05) is 43.7 Å². The van der Waals surface area contributed by atoms with Crippen molar-refractivity contribution in [3.8, 4) is 0 Å². The van der Waals surface area contributed by atoms with Crippen LogP contribution < -0.4 is 0 Å². The predicted molar refractivity (Wildman–Crippen MR) is 86.2 cm³/mol. The van der Waals surface area contributed by atoms with Crippen molar-refractivity contribution in [1.82, 2.24) is 0 Å². The average molecular weight is 262 g/mol. The quantitative estimate of drug-likeness (QED) is 0.193. The summed E-state index contributed by atoms with van der Waals surface area (Å²) in [5.74, 6) is 0.936. The Morgan fingerprint density at radius 1 is 1.05 bits per heavy atom. The fourth-order valence-electron chi connectivity index (χ4n) is 1.59. The lowest BCUT2D eigenvalue weighted by atomic mass is 10.2. The largest absolute Gasteiger partial charge is 0.494 e. The Kier molecular flexibility index (Phi) is 12.3. The summed E-state index contributed by atoms with van der Waals surface area (Å²) >= 11 is 0. The van der Waals surface area contributed by atoms with Gasteiger partial charge < -0.3 is 4.74 Å². The Bertz CT molecular complexity index is 308. The smallest absolute Gasteiger partial charge is 0.115 e. The van der Waals surface area contributed by atoms with E-state index in [2.05, 4.69) is 25.7 Å². The van der Waals surface area contributed by atoms with E-state index in [9.17, 15) is 0 Å². The van der Waals surface area contributed by atoms with Gasteiger partial charge in [-0.15, -0.1) is 0 Å². The van der Waals surface area contributed by atoms with Gasteiger partial charge in [0.15, 0.2) is 0 Å². The molecule has 0 atom stereocenters. The number of unbranched alkanes of at least 4 members (excludes halogenated alkanes) is 4. The molecule has 0 N–H and O–H groups in total. The molecule has 19 heavy (non-hydrogen) atoms. The highest BCUT2D eigenvalue weighted by molar-refractivity contribution is 5.20. The third-order valence-electron chi connectivity index (χ3n) is 2.72. The van der Waals surface area contributed by atoms with Gasteiger partial charge in [-0.05, 0) is 58.1 Å². The van der Waals surface area contributed by atoms with Gasteiger partial charge in [0.1, 0.15) is 5.76 Å². The molecule has 0 radical (unpaired) electrons. The molecule has 1 nitrogen and oxygen atoms in total. The van der Waals surface area contributed by atoms with Crippen molar-refractivity contribution in [3.05, 3.63) is 48.3 Å². The first-order valence-electron chi connectivity index (χ1n) is 7.48. The van der Waals surface area contributed by atoms with Crippen molar-refractivity contribution in [2.75, 3.05) is 6.61 Å². The molecule has 108 valence electrons. The molecule has 0 saturated heterocycles. The molecule has 0 bridgehead atoms. The van der Waals surface area contributed by atoms with Crippen molar-refractivity contribution < 1.29 is 4.74 Å². The molecule has 0 aromatic carbocycles. The van der Waals surface area contributed by atoms with Crippen molar-refractivity contribution >= 4 is 0 Å². The van der Waals surface area contributed by atoms with E-state index >= 15 is 0 Å². The number of hydrogen-bond donors (Lipinski definition) is 0. The van der Waals surface area contributed by atoms with Crippen LogP contribution >= 0.6 is 0 Å². The minimum atomic E-state index is 0.804. The Morgan fingerprint density at radius 3 is 2.42 bits per heavy atom. The van der Waals surface area contributed by atoms with Gasteiger partial charge in [0.05, 0.1) is 6.61 Å². The second kappa shape index (κ2) is 13.2. The monoisotopic (exact) mass is 262 g/mol. The highest BCUT2D eigenvalue weighted by atomic mass is 16.5. The van der Waals surface area contributed by atoms with Crippen molar-refractivity contribution in [3.63, 3.8) is 0 Å². The molecular formula is C18H30O. The van der Waals surface area contributed by atoms with E-state index in [-0.39, 0.29) is 0 Å². The van der Waals surface area contributed by atoms with Gasteiger partial charge in [0.2, 0.25) is 0 Å². The lowest BCUT2D eigenvalue weighted by Gasteiger charge is -2.06. The molecule has 0 aliphatic heterocycles. The Labute approximate surface area is 119 Å². The molecule has 0 spiro atoms. The standard InChI is InChI=1S/C18H30O/c1-5-7-8-9-10-11-12-13-16-19-18(6-2)15-14-17(3)4/h6,8-9,14-15H,3,5,7,10-13,16H2,1-2,4H3/b9-8+,15-14-,18-6+. The number of rotatable bonds is 11. The number of allylic oxidation sites excluding steroid dienone is 6. The van der Waals surface area contributed by atoms with Crippen LogP contribution in [0.25, 0.3) is 0 Å². The third-order valence-corrected chi connectivity index (χ3v) is 2.72. The first kappa shape index (κ1) is 17.8. The SMILES string of the molecule is C=C(C)/C=C\C(=C/C)OCCCCC/C=C/CCC. The molecule has 0 fully saturated rings. The van der Waals surface area contributed by atoms with E-state index in [4.69, 9.17) is 4.74 Å². The van der Waals surface area contributed by atoms with Crippen LogP contribution in [0, 0.1) is 0 Å². The molecule has 0 aliphatic carbocycles. The van der Waals surface area contributed by atoms with Gasteiger partial charge in [0.25, 0.3) is 0 Å². The zero-order valence-electron chi connectivity index (χ0n) is 13.0. The second-order valence-electron chi connectivity index (χ2n) is 4.83. The molecule has 0 aromatic heterocycles. The summed E-state index contributed by atoms with van der Waals surface area (Å²) in [4.78, 5) is 0. The van der Waals surface area contributed by atoms with Gasteiger partial charge in [-0.3, -0.25) is 0 Å². The van der Waals surface area contributed by atoms with Crippen LogP contribution in [0.4, 0.5) is 0 Å². The molecular weight excluding hydrogens is 232 g/mol. The fraction of sp³-hybridized carbons (Fsp3) is 0.556. The highest BCUT2D eigenvalue weighted by Gasteiger charge is 1.93. The zero-order chi connectivity index (χ0) is 14.3. The van der Waals surface area contributed by atoms with Crippen molar-refractivity contribution in [1.29, 1.82) is 0 Å². The molecule has 0 aromatic rings. The molecule has 1 heteroatoms. The number of ether oxygens (including phenoxy) is 1. The van der Waals surface area contributed by atoms with E-state index in [1.54, 1.807) is 0 Å². The van der Waals surface area contributed by atoms with Crippen LogP contribution in [0.15, 0.2) is 48.3 Å². The number of hydrogen-bond acceptors (Lipinski definition) is 1.